The fraction of sp³-hybridized carbons (Fsp3) is 0.308. The number of nitrogens with two attached hydrogens (primary N) is 1. The second kappa shape index (κ2) is 6.25. The SMILES string of the molecule is COc1ccc(CN(C)S(=O)(=O)c2[nH]ncc2CN)cc1. The number of H-pyrrole nitrogens is 1. The molecule has 0 saturated heterocycles. The summed E-state index contributed by atoms with van der Waals surface area (Å²) in [6.07, 6.45) is 1.42. The molecule has 1 aromatic heterocycles. The molecule has 0 fully saturated rings. The van der Waals surface area contributed by atoms with E-state index in [1.165, 1.54) is 17.5 Å². The number of ether oxygens (including phenoxy) is 1. The highest BCUT2D eigenvalue weighted by Crippen LogP contribution is 2.19. The van der Waals surface area contributed by atoms with E-state index in [4.69, 9.17) is 10.5 Å². The molecule has 7 nitrogen and oxygen atoms in total. The van der Waals surface area contributed by atoms with E-state index < -0.39 is 10.0 Å². The number of methoxy groups -OCH3 is 1. The van der Waals surface area contributed by atoms with Gasteiger partial charge < -0.3 is 10.5 Å². The van der Waals surface area contributed by atoms with Crippen molar-refractivity contribution in [2.75, 3.05) is 14.2 Å². The number of aromatic nitrogens is 2. The van der Waals surface area contributed by atoms with Crippen molar-refractivity contribution in [2.45, 2.75) is 18.1 Å². The number of benzene rings is 1. The predicted molar refractivity (Wildman–Crippen MR) is 78.1 cm³/mol. The Hall–Kier alpha value is -1.90. The maximum atomic E-state index is 12.5. The molecule has 0 radical (unpaired) electrons. The number of nitrogens with one attached hydrogen (secondary N) is 1. The lowest BCUT2D eigenvalue weighted by molar-refractivity contribution is 0.414. The number of rotatable bonds is 6. The van der Waals surface area contributed by atoms with Gasteiger partial charge in [-0.25, -0.2) is 8.42 Å². The van der Waals surface area contributed by atoms with Crippen molar-refractivity contribution in [3.05, 3.63) is 41.6 Å². The molecule has 1 aromatic carbocycles. The quantitative estimate of drug-likeness (QED) is 0.817. The van der Waals surface area contributed by atoms with Crippen LogP contribution in [0.25, 0.3) is 0 Å². The van der Waals surface area contributed by atoms with E-state index in [0.717, 1.165) is 11.3 Å². The minimum Gasteiger partial charge on any atom is -0.497 e. The highest BCUT2D eigenvalue weighted by Gasteiger charge is 2.25. The fourth-order valence-corrected chi connectivity index (χ4v) is 3.16. The van der Waals surface area contributed by atoms with Crippen molar-refractivity contribution in [3.63, 3.8) is 0 Å². The van der Waals surface area contributed by atoms with Crippen LogP contribution in [0.1, 0.15) is 11.1 Å². The van der Waals surface area contributed by atoms with Gasteiger partial charge in [-0.3, -0.25) is 5.10 Å². The molecular formula is C13H18N4O3S. The van der Waals surface area contributed by atoms with Gasteiger partial charge in [-0.2, -0.15) is 9.40 Å². The molecule has 0 atom stereocenters. The number of nitrogens with zero attached hydrogens (tertiary/aromatic N) is 2. The third-order valence-electron chi connectivity index (χ3n) is 3.13. The molecule has 2 aromatic rings. The average molecular weight is 310 g/mol. The van der Waals surface area contributed by atoms with Crippen molar-refractivity contribution in [3.8, 4) is 5.75 Å². The summed E-state index contributed by atoms with van der Waals surface area (Å²) in [5.74, 6) is 0.725. The summed E-state index contributed by atoms with van der Waals surface area (Å²) in [5.41, 5.74) is 6.85. The Morgan fingerprint density at radius 1 is 1.33 bits per heavy atom. The van der Waals surface area contributed by atoms with Gasteiger partial charge >= 0.3 is 0 Å². The van der Waals surface area contributed by atoms with Crippen LogP contribution < -0.4 is 10.5 Å². The number of aromatic amines is 1. The zero-order valence-corrected chi connectivity index (χ0v) is 12.7. The van der Waals surface area contributed by atoms with Gasteiger partial charge in [-0.15, -0.1) is 0 Å². The lowest BCUT2D eigenvalue weighted by Crippen LogP contribution is -2.27. The summed E-state index contributed by atoms with van der Waals surface area (Å²) in [7, 11) is -0.552. The fourth-order valence-electron chi connectivity index (χ4n) is 1.90. The molecule has 114 valence electrons. The molecule has 0 saturated carbocycles. The molecule has 0 aliphatic carbocycles. The van der Waals surface area contributed by atoms with E-state index in [-0.39, 0.29) is 18.1 Å². The van der Waals surface area contributed by atoms with Crippen molar-refractivity contribution >= 4 is 10.0 Å². The van der Waals surface area contributed by atoms with E-state index in [1.807, 2.05) is 12.1 Å². The maximum Gasteiger partial charge on any atom is 0.260 e. The van der Waals surface area contributed by atoms with Crippen LogP contribution in [0.4, 0.5) is 0 Å². The lowest BCUT2D eigenvalue weighted by Gasteiger charge is -2.17. The molecule has 0 unspecified atom stereocenters. The van der Waals surface area contributed by atoms with Crippen molar-refractivity contribution < 1.29 is 13.2 Å². The number of hydrogen-bond donors (Lipinski definition) is 2. The summed E-state index contributed by atoms with van der Waals surface area (Å²) in [4.78, 5) is 0. The Labute approximate surface area is 123 Å². The molecular weight excluding hydrogens is 292 g/mol. The van der Waals surface area contributed by atoms with Gasteiger partial charge in [0.1, 0.15) is 5.75 Å². The van der Waals surface area contributed by atoms with Gasteiger partial charge in [-0.1, -0.05) is 12.1 Å². The highest BCUT2D eigenvalue weighted by atomic mass is 32.2. The van der Waals surface area contributed by atoms with E-state index in [0.29, 0.717) is 5.56 Å². The minimum atomic E-state index is -3.65. The average Bonchev–Trinajstić information content (AvgIpc) is 2.97. The Morgan fingerprint density at radius 2 is 2.00 bits per heavy atom. The number of sulfonamides is 1. The molecule has 0 aliphatic rings. The van der Waals surface area contributed by atoms with Gasteiger partial charge in [-0.05, 0) is 17.7 Å². The molecule has 0 bridgehead atoms. The highest BCUT2D eigenvalue weighted by molar-refractivity contribution is 7.89. The van der Waals surface area contributed by atoms with Gasteiger partial charge in [0.05, 0.1) is 13.3 Å². The van der Waals surface area contributed by atoms with Crippen LogP contribution in [0.3, 0.4) is 0 Å². The molecule has 0 amide bonds. The van der Waals surface area contributed by atoms with Crippen LogP contribution >= 0.6 is 0 Å². The van der Waals surface area contributed by atoms with Gasteiger partial charge in [0.25, 0.3) is 10.0 Å². The Morgan fingerprint density at radius 3 is 2.57 bits per heavy atom. The monoisotopic (exact) mass is 310 g/mol. The standard InChI is InChI=1S/C13H18N4O3S/c1-17(9-10-3-5-12(20-2)6-4-10)21(18,19)13-11(7-14)8-15-16-13/h3-6,8H,7,9,14H2,1-2H3,(H,15,16). The van der Waals surface area contributed by atoms with Crippen LogP contribution in [0.2, 0.25) is 0 Å². The minimum absolute atomic E-state index is 0.0426. The molecule has 0 spiro atoms. The lowest BCUT2D eigenvalue weighted by atomic mass is 10.2. The molecule has 1 heterocycles. The van der Waals surface area contributed by atoms with Crippen molar-refractivity contribution in [1.29, 1.82) is 0 Å². The smallest absolute Gasteiger partial charge is 0.260 e. The Bertz CT molecular complexity index is 694. The van der Waals surface area contributed by atoms with Gasteiger partial charge in [0.2, 0.25) is 0 Å². The normalized spacial score (nSPS) is 11.8. The first-order valence-electron chi connectivity index (χ1n) is 6.30. The Kier molecular flexibility index (Phi) is 4.61. The topological polar surface area (TPSA) is 101 Å². The van der Waals surface area contributed by atoms with Crippen molar-refractivity contribution in [1.82, 2.24) is 14.5 Å². The second-order valence-electron chi connectivity index (χ2n) is 4.54. The van der Waals surface area contributed by atoms with Crippen LogP contribution in [0.15, 0.2) is 35.5 Å². The van der Waals surface area contributed by atoms with Crippen LogP contribution in [-0.4, -0.2) is 37.1 Å². The summed E-state index contributed by atoms with van der Waals surface area (Å²) < 4.78 is 31.3. The largest absolute Gasteiger partial charge is 0.497 e. The maximum absolute atomic E-state index is 12.5. The predicted octanol–water partition coefficient (Wildman–Crippen LogP) is 0.698. The van der Waals surface area contributed by atoms with Gasteiger partial charge in [0.15, 0.2) is 5.03 Å². The van der Waals surface area contributed by atoms with E-state index in [9.17, 15) is 8.42 Å². The van der Waals surface area contributed by atoms with Gasteiger partial charge in [0, 0.05) is 25.7 Å². The first-order valence-corrected chi connectivity index (χ1v) is 7.74. The van der Waals surface area contributed by atoms with E-state index in [1.54, 1.807) is 19.2 Å². The zero-order valence-electron chi connectivity index (χ0n) is 11.9. The molecule has 3 N–H and O–H groups in total. The second-order valence-corrected chi connectivity index (χ2v) is 6.52. The van der Waals surface area contributed by atoms with E-state index in [2.05, 4.69) is 10.2 Å². The van der Waals surface area contributed by atoms with Crippen LogP contribution in [-0.2, 0) is 23.1 Å². The first-order chi connectivity index (χ1) is 9.98. The molecule has 21 heavy (non-hydrogen) atoms. The summed E-state index contributed by atoms with van der Waals surface area (Å²) in [6, 6.07) is 7.22. The molecule has 2 rings (SSSR count). The molecule has 8 heteroatoms. The van der Waals surface area contributed by atoms with Crippen LogP contribution in [0, 0.1) is 0 Å². The summed E-state index contributed by atoms with van der Waals surface area (Å²) >= 11 is 0. The summed E-state index contributed by atoms with van der Waals surface area (Å²) in [6.45, 7) is 0.358. The van der Waals surface area contributed by atoms with Crippen LogP contribution in [0.5, 0.6) is 5.75 Å². The number of hydrogen-bond acceptors (Lipinski definition) is 5. The van der Waals surface area contributed by atoms with E-state index >= 15 is 0 Å². The van der Waals surface area contributed by atoms with Crippen molar-refractivity contribution in [2.24, 2.45) is 5.73 Å². The first kappa shape index (κ1) is 15.5. The third-order valence-corrected chi connectivity index (χ3v) is 4.95. The third kappa shape index (κ3) is 3.23. The zero-order chi connectivity index (χ0) is 15.5. The Balaban J connectivity index is 2.20. The molecule has 0 aliphatic heterocycles. The summed E-state index contributed by atoms with van der Waals surface area (Å²) in [5, 5.41) is 6.29.